The van der Waals surface area contributed by atoms with Gasteiger partial charge in [0, 0.05) is 11.3 Å². The quantitative estimate of drug-likeness (QED) is 0.214. The number of aromatic nitrogens is 2. The maximum absolute atomic E-state index is 7.02. The molecule has 2 nitrogen and oxygen atoms in total. The lowest BCUT2D eigenvalue weighted by Crippen LogP contribution is -2.52. The molecule has 9 rings (SSSR count). The van der Waals surface area contributed by atoms with E-state index in [1.165, 1.54) is 0 Å². The van der Waals surface area contributed by atoms with E-state index >= 15 is 0 Å². The first-order valence-corrected chi connectivity index (χ1v) is 16.9. The SMILES string of the molecule is [B]c1c([B])c([B])c2c([B])c(-c3c4ccccc4c(-c4ccc(-c5nc6ccccc6n5-c5ccccc5)cc4)c4ccccc34)c([B])c([B])c2c1[B]. The summed E-state index contributed by atoms with van der Waals surface area (Å²) in [4.78, 5) is 5.07. The molecule has 0 N–H and O–H groups in total. The standard InChI is InChI=1S/C43H21B7N2/c44-36-33(37(45)38(46)35-34(36)39(47)41(49)42(50)40(35)48)32-27-14-6-4-12-25(27)31(26-13-5-7-15-28(26)32)22-18-20-23(21-19-22)43-51-29-16-8-9-17-30(29)52(43)24-10-2-1-3-11-24/h1-21H. The lowest BCUT2D eigenvalue weighted by atomic mass is 9.58. The van der Waals surface area contributed by atoms with Crippen LogP contribution in [0.4, 0.5) is 0 Å². The molecule has 224 valence electrons. The number of imidazole rings is 1. The molecule has 8 aromatic carbocycles. The third-order valence-electron chi connectivity index (χ3n) is 10.2. The van der Waals surface area contributed by atoms with Crippen LogP contribution in [0.2, 0.25) is 0 Å². The Morgan fingerprint density at radius 2 is 0.827 bits per heavy atom. The van der Waals surface area contributed by atoms with Crippen LogP contribution >= 0.6 is 0 Å². The fourth-order valence-electron chi connectivity index (χ4n) is 7.75. The highest BCUT2D eigenvalue weighted by Crippen LogP contribution is 2.43. The zero-order valence-corrected chi connectivity index (χ0v) is 28.1. The lowest BCUT2D eigenvalue weighted by Gasteiger charge is -2.27. The molecule has 1 heterocycles. The van der Waals surface area contributed by atoms with Crippen LogP contribution in [0.5, 0.6) is 0 Å². The third-order valence-corrected chi connectivity index (χ3v) is 10.2. The van der Waals surface area contributed by atoms with Gasteiger partial charge in [-0.05, 0) is 78.8 Å². The van der Waals surface area contributed by atoms with E-state index in [1.807, 2.05) is 60.7 Å². The summed E-state index contributed by atoms with van der Waals surface area (Å²) in [6.45, 7) is 0. The summed E-state index contributed by atoms with van der Waals surface area (Å²) in [7, 11) is 46.1. The molecule has 0 amide bonds. The Hall–Kier alpha value is -5.54. The van der Waals surface area contributed by atoms with Crippen LogP contribution in [0.1, 0.15) is 0 Å². The van der Waals surface area contributed by atoms with Crippen LogP contribution in [-0.4, -0.2) is 64.5 Å². The number of fused-ring (bicyclic) bond motifs is 4. The van der Waals surface area contributed by atoms with Crippen LogP contribution in [0.15, 0.2) is 127 Å². The van der Waals surface area contributed by atoms with E-state index in [0.29, 0.717) is 21.8 Å². The maximum atomic E-state index is 7.02. The maximum Gasteiger partial charge on any atom is 0.145 e. The summed E-state index contributed by atoms with van der Waals surface area (Å²) in [6.07, 6.45) is 0. The zero-order valence-electron chi connectivity index (χ0n) is 28.1. The van der Waals surface area contributed by atoms with Crippen LogP contribution in [0.25, 0.3) is 82.7 Å². The van der Waals surface area contributed by atoms with Gasteiger partial charge in [0.15, 0.2) is 0 Å². The molecule has 0 saturated carbocycles. The third kappa shape index (κ3) is 4.72. The summed E-state index contributed by atoms with van der Waals surface area (Å²) in [5, 5.41) is 4.75. The number of rotatable bonds is 4. The topological polar surface area (TPSA) is 17.8 Å². The van der Waals surface area contributed by atoms with Gasteiger partial charge >= 0.3 is 0 Å². The zero-order chi connectivity index (χ0) is 35.8. The van der Waals surface area contributed by atoms with Crippen molar-refractivity contribution in [2.24, 2.45) is 0 Å². The van der Waals surface area contributed by atoms with E-state index in [9.17, 15) is 0 Å². The van der Waals surface area contributed by atoms with Gasteiger partial charge in [-0.3, -0.25) is 4.57 Å². The molecule has 0 spiro atoms. The van der Waals surface area contributed by atoms with Crippen molar-refractivity contribution < 1.29 is 0 Å². The Bertz CT molecular complexity index is 2860. The number of nitrogens with zero attached hydrogens (tertiary/aromatic N) is 2. The van der Waals surface area contributed by atoms with E-state index in [-0.39, 0.29) is 32.8 Å². The van der Waals surface area contributed by atoms with Crippen molar-refractivity contribution in [2.75, 3.05) is 0 Å². The minimum Gasteiger partial charge on any atom is -0.292 e. The molecule has 9 aromatic rings. The van der Waals surface area contributed by atoms with Gasteiger partial charge in [-0.25, -0.2) is 4.98 Å². The molecule has 0 unspecified atom stereocenters. The number of hydrogen-bond donors (Lipinski definition) is 0. The van der Waals surface area contributed by atoms with Gasteiger partial charge in [-0.2, -0.15) is 0 Å². The first kappa shape index (κ1) is 32.4. The largest absolute Gasteiger partial charge is 0.292 e. The highest BCUT2D eigenvalue weighted by atomic mass is 15.1. The van der Waals surface area contributed by atoms with Crippen LogP contribution in [0.3, 0.4) is 0 Å². The Kier molecular flexibility index (Phi) is 7.66. The molecule has 9 heteroatoms. The number of benzene rings is 8. The summed E-state index contributed by atoms with van der Waals surface area (Å²) >= 11 is 0. The van der Waals surface area contributed by atoms with Crippen LogP contribution in [0, 0.1) is 0 Å². The van der Waals surface area contributed by atoms with E-state index < -0.39 is 0 Å². The second-order valence-corrected chi connectivity index (χ2v) is 13.0. The summed E-state index contributed by atoms with van der Waals surface area (Å²) in [5.41, 5.74) is 9.09. The second kappa shape index (κ2) is 12.3. The van der Waals surface area contributed by atoms with Gasteiger partial charge in [0.2, 0.25) is 0 Å². The molecule has 0 aliphatic heterocycles. The first-order chi connectivity index (χ1) is 25.3. The fourth-order valence-corrected chi connectivity index (χ4v) is 7.75. The molecule has 0 fully saturated rings. The predicted molar refractivity (Wildman–Crippen MR) is 228 cm³/mol. The second-order valence-electron chi connectivity index (χ2n) is 13.0. The minimum atomic E-state index is 0.145. The van der Waals surface area contributed by atoms with Crippen molar-refractivity contribution in [1.29, 1.82) is 0 Å². The van der Waals surface area contributed by atoms with Crippen LogP contribution < -0.4 is 38.2 Å². The molecule has 52 heavy (non-hydrogen) atoms. The summed E-state index contributed by atoms with van der Waals surface area (Å²) < 4.78 is 2.20. The van der Waals surface area contributed by atoms with Gasteiger partial charge in [-0.15, -0.1) is 10.9 Å². The molecule has 0 aliphatic rings. The van der Waals surface area contributed by atoms with Crippen LogP contribution in [-0.2, 0) is 0 Å². The van der Waals surface area contributed by atoms with Crippen molar-refractivity contribution in [2.45, 2.75) is 0 Å². The minimum absolute atomic E-state index is 0.145. The Morgan fingerprint density at radius 3 is 1.42 bits per heavy atom. The van der Waals surface area contributed by atoms with Crippen molar-refractivity contribution in [3.63, 3.8) is 0 Å². The van der Waals surface area contributed by atoms with Crippen molar-refractivity contribution in [3.05, 3.63) is 127 Å². The van der Waals surface area contributed by atoms with Gasteiger partial charge in [0.05, 0.1) is 11.0 Å². The lowest BCUT2D eigenvalue weighted by molar-refractivity contribution is 1.10. The van der Waals surface area contributed by atoms with Gasteiger partial charge in [-0.1, -0.05) is 130 Å². The van der Waals surface area contributed by atoms with Crippen molar-refractivity contribution in [3.8, 4) is 39.3 Å². The normalized spacial score (nSPS) is 11.6. The Morgan fingerprint density at radius 1 is 0.365 bits per heavy atom. The molecule has 1 aromatic heterocycles. The molecule has 14 radical (unpaired) electrons. The van der Waals surface area contributed by atoms with E-state index in [4.69, 9.17) is 59.9 Å². The summed E-state index contributed by atoms with van der Waals surface area (Å²) in [6, 6.07) is 43.5. The van der Waals surface area contributed by atoms with Gasteiger partial charge in [0.25, 0.3) is 0 Å². The molecular formula is C43H21B7N2. The smallest absolute Gasteiger partial charge is 0.145 e. The van der Waals surface area contributed by atoms with E-state index in [1.54, 1.807) is 0 Å². The molecular weight excluding hydrogens is 620 g/mol. The highest BCUT2D eigenvalue weighted by Gasteiger charge is 2.23. The molecule has 0 atom stereocenters. The van der Waals surface area contributed by atoms with Gasteiger partial charge in [0.1, 0.15) is 60.7 Å². The van der Waals surface area contributed by atoms with Crippen molar-refractivity contribution >= 4 is 137 Å². The van der Waals surface area contributed by atoms with Gasteiger partial charge < -0.3 is 0 Å². The van der Waals surface area contributed by atoms with E-state index in [2.05, 4.69) is 71.3 Å². The average molecular weight is 641 g/mol. The summed E-state index contributed by atoms with van der Waals surface area (Å²) in [5.74, 6) is 0.867. The van der Waals surface area contributed by atoms with Crippen molar-refractivity contribution in [1.82, 2.24) is 9.55 Å². The molecule has 0 aliphatic carbocycles. The molecule has 0 saturated heterocycles. The Balaban J connectivity index is 1.29. The highest BCUT2D eigenvalue weighted by molar-refractivity contribution is 6.72. The van der Waals surface area contributed by atoms with E-state index in [0.717, 1.165) is 66.3 Å². The number of hydrogen-bond acceptors (Lipinski definition) is 1. The molecule has 0 bridgehead atoms. The number of para-hydroxylation sites is 3. The monoisotopic (exact) mass is 642 g/mol. The predicted octanol–water partition coefficient (Wildman–Crippen LogP) is 3.04. The Labute approximate surface area is 311 Å². The first-order valence-electron chi connectivity index (χ1n) is 16.9. The fraction of sp³-hybridized carbons (Fsp3) is 0. The average Bonchev–Trinajstić information content (AvgIpc) is 3.57.